The largest absolute Gasteiger partial charge is 0.457 e. The summed E-state index contributed by atoms with van der Waals surface area (Å²) in [5.74, 6) is -1.17. The summed E-state index contributed by atoms with van der Waals surface area (Å²) in [7, 11) is 0. The summed E-state index contributed by atoms with van der Waals surface area (Å²) < 4.78 is 10.3. The first kappa shape index (κ1) is 18.9. The third-order valence-corrected chi connectivity index (χ3v) is 2.72. The summed E-state index contributed by atoms with van der Waals surface area (Å²) in [6.07, 6.45) is 0. The minimum Gasteiger partial charge on any atom is -0.457 e. The molecule has 0 aliphatic rings. The second-order valence-corrected chi connectivity index (χ2v) is 8.36. The van der Waals surface area contributed by atoms with Crippen LogP contribution in [0.5, 0.6) is 0 Å². The summed E-state index contributed by atoms with van der Waals surface area (Å²) in [4.78, 5) is 23.9. The van der Waals surface area contributed by atoms with E-state index in [1.807, 2.05) is 41.5 Å². The molecule has 0 atom stereocenters. The Morgan fingerprint density at radius 3 is 1.55 bits per heavy atom. The molecule has 0 aromatic carbocycles. The molecular weight excluding hydrogens is 256 g/mol. The lowest BCUT2D eigenvalue weighted by Crippen LogP contribution is -2.40. The smallest absolute Gasteiger partial charge is 0.344 e. The number of hydrogen-bond acceptors (Lipinski definition) is 4. The van der Waals surface area contributed by atoms with E-state index in [1.165, 1.54) is 0 Å². The molecule has 0 bridgehead atoms. The van der Waals surface area contributed by atoms with Gasteiger partial charge in [-0.1, -0.05) is 41.5 Å². The lowest BCUT2D eigenvalue weighted by molar-refractivity contribution is -0.172. The average molecular weight is 286 g/mol. The van der Waals surface area contributed by atoms with E-state index < -0.39 is 11.6 Å². The highest BCUT2D eigenvalue weighted by atomic mass is 16.6. The topological polar surface area (TPSA) is 52.6 Å². The van der Waals surface area contributed by atoms with Crippen molar-refractivity contribution in [2.24, 2.45) is 16.7 Å². The monoisotopic (exact) mass is 286 g/mol. The van der Waals surface area contributed by atoms with Crippen LogP contribution in [0, 0.1) is 16.7 Å². The summed E-state index contributed by atoms with van der Waals surface area (Å²) in [5.41, 5.74) is -1.04. The first-order valence-electron chi connectivity index (χ1n) is 7.03. The second-order valence-electron chi connectivity index (χ2n) is 8.36. The Morgan fingerprint density at radius 2 is 1.25 bits per heavy atom. The van der Waals surface area contributed by atoms with E-state index in [0.717, 1.165) is 0 Å². The fourth-order valence-electron chi connectivity index (χ4n) is 2.59. The Morgan fingerprint density at radius 1 is 0.850 bits per heavy atom. The van der Waals surface area contributed by atoms with E-state index >= 15 is 0 Å². The molecule has 0 N–H and O–H groups in total. The van der Waals surface area contributed by atoms with Crippen LogP contribution in [-0.2, 0) is 19.1 Å². The van der Waals surface area contributed by atoms with Gasteiger partial charge in [-0.2, -0.15) is 0 Å². The van der Waals surface area contributed by atoms with Crippen molar-refractivity contribution in [2.75, 3.05) is 6.61 Å². The number of hydrogen-bond donors (Lipinski definition) is 0. The van der Waals surface area contributed by atoms with Crippen LogP contribution in [0.25, 0.3) is 0 Å². The Balaban J connectivity index is 4.70. The molecule has 0 rings (SSSR count). The van der Waals surface area contributed by atoms with Gasteiger partial charge in [0.25, 0.3) is 0 Å². The van der Waals surface area contributed by atoms with E-state index in [0.29, 0.717) is 0 Å². The van der Waals surface area contributed by atoms with Gasteiger partial charge in [0, 0.05) is 0 Å². The van der Waals surface area contributed by atoms with Crippen LogP contribution in [-0.4, -0.2) is 24.1 Å². The Bertz CT molecular complexity index is 336. The van der Waals surface area contributed by atoms with Crippen LogP contribution in [0.3, 0.4) is 0 Å². The van der Waals surface area contributed by atoms with Crippen molar-refractivity contribution in [3.63, 3.8) is 0 Å². The van der Waals surface area contributed by atoms with Crippen LogP contribution in [0.4, 0.5) is 0 Å². The van der Waals surface area contributed by atoms with Gasteiger partial charge in [0.2, 0.25) is 0 Å². The maximum Gasteiger partial charge on any atom is 0.344 e. The van der Waals surface area contributed by atoms with E-state index in [9.17, 15) is 9.59 Å². The molecule has 0 fully saturated rings. The van der Waals surface area contributed by atoms with Gasteiger partial charge < -0.3 is 9.47 Å². The fraction of sp³-hybridized carbons (Fsp3) is 0.875. The third-order valence-electron chi connectivity index (χ3n) is 2.72. The van der Waals surface area contributed by atoms with E-state index in [-0.39, 0.29) is 29.3 Å². The molecule has 20 heavy (non-hydrogen) atoms. The van der Waals surface area contributed by atoms with Crippen molar-refractivity contribution in [3.05, 3.63) is 0 Å². The predicted molar refractivity (Wildman–Crippen MR) is 79.2 cm³/mol. The van der Waals surface area contributed by atoms with Gasteiger partial charge in [0.1, 0.15) is 5.60 Å². The number of esters is 2. The molecule has 0 aliphatic heterocycles. The van der Waals surface area contributed by atoms with E-state index in [1.54, 1.807) is 20.8 Å². The van der Waals surface area contributed by atoms with Crippen LogP contribution in [0.15, 0.2) is 0 Å². The predicted octanol–water partition coefficient (Wildman–Crippen LogP) is 3.58. The highest BCUT2D eigenvalue weighted by molar-refractivity contribution is 5.78. The van der Waals surface area contributed by atoms with Crippen LogP contribution in [0.1, 0.15) is 62.3 Å². The highest BCUT2D eigenvalue weighted by Crippen LogP contribution is 2.40. The van der Waals surface area contributed by atoms with Crippen molar-refractivity contribution >= 4 is 11.9 Å². The normalized spacial score (nSPS) is 13.3. The molecule has 0 unspecified atom stereocenters. The quantitative estimate of drug-likeness (QED) is 0.744. The molecule has 4 nitrogen and oxygen atoms in total. The molecule has 0 aromatic rings. The lowest BCUT2D eigenvalue weighted by atomic mass is 9.67. The SMILES string of the molecule is CC(C)(C)OC(=O)COC(=O)C(C(C)(C)C)C(C)(C)C. The van der Waals surface area contributed by atoms with Crippen molar-refractivity contribution in [1.29, 1.82) is 0 Å². The summed E-state index contributed by atoms with van der Waals surface area (Å²) in [6.45, 7) is 17.0. The van der Waals surface area contributed by atoms with Gasteiger partial charge in [0.15, 0.2) is 6.61 Å². The van der Waals surface area contributed by atoms with Gasteiger partial charge in [-0.25, -0.2) is 4.79 Å². The molecule has 118 valence electrons. The maximum absolute atomic E-state index is 12.3. The molecule has 0 aromatic heterocycles. The van der Waals surface area contributed by atoms with Gasteiger partial charge in [0.05, 0.1) is 5.92 Å². The zero-order chi connectivity index (χ0) is 16.4. The summed E-state index contributed by atoms with van der Waals surface area (Å²) in [6, 6.07) is 0. The zero-order valence-corrected chi connectivity index (χ0v) is 14.4. The lowest BCUT2D eigenvalue weighted by Gasteiger charge is -2.38. The Kier molecular flexibility index (Phi) is 5.82. The minimum atomic E-state index is -0.572. The zero-order valence-electron chi connectivity index (χ0n) is 14.4. The molecule has 4 heteroatoms. The standard InChI is InChI=1S/C16H30O4/c1-14(2,3)12(15(4,5)6)13(18)19-10-11(17)20-16(7,8)9/h12H,10H2,1-9H3. The van der Waals surface area contributed by atoms with Crippen molar-refractivity contribution in [2.45, 2.75) is 67.9 Å². The van der Waals surface area contributed by atoms with Crippen molar-refractivity contribution in [1.82, 2.24) is 0 Å². The molecule has 0 radical (unpaired) electrons. The molecular formula is C16H30O4. The van der Waals surface area contributed by atoms with Crippen LogP contribution < -0.4 is 0 Å². The van der Waals surface area contributed by atoms with Gasteiger partial charge in [-0.3, -0.25) is 4.79 Å². The van der Waals surface area contributed by atoms with Gasteiger partial charge >= 0.3 is 11.9 Å². The summed E-state index contributed by atoms with van der Waals surface area (Å²) >= 11 is 0. The number of rotatable bonds is 3. The second kappa shape index (κ2) is 6.15. The minimum absolute atomic E-state index is 0.233. The first-order valence-corrected chi connectivity index (χ1v) is 7.03. The number of carbonyl (C=O) groups excluding carboxylic acids is 2. The third kappa shape index (κ3) is 6.92. The molecule has 0 spiro atoms. The molecule has 0 saturated carbocycles. The van der Waals surface area contributed by atoms with E-state index in [2.05, 4.69) is 0 Å². The average Bonchev–Trinajstić information content (AvgIpc) is 2.06. The maximum atomic E-state index is 12.3. The molecule has 0 aliphatic carbocycles. The molecule has 0 saturated heterocycles. The summed E-state index contributed by atoms with van der Waals surface area (Å²) in [5, 5.41) is 0. The number of carbonyl (C=O) groups is 2. The molecule has 0 amide bonds. The fourth-order valence-corrected chi connectivity index (χ4v) is 2.59. The van der Waals surface area contributed by atoms with Crippen LogP contribution >= 0.6 is 0 Å². The van der Waals surface area contributed by atoms with Crippen LogP contribution in [0.2, 0.25) is 0 Å². The Labute approximate surface area is 123 Å². The van der Waals surface area contributed by atoms with Gasteiger partial charge in [-0.15, -0.1) is 0 Å². The van der Waals surface area contributed by atoms with E-state index in [4.69, 9.17) is 9.47 Å². The number of ether oxygens (including phenoxy) is 2. The first-order chi connectivity index (χ1) is 8.64. The highest BCUT2D eigenvalue weighted by Gasteiger charge is 2.41. The van der Waals surface area contributed by atoms with Crippen molar-refractivity contribution < 1.29 is 19.1 Å². The molecule has 0 heterocycles. The van der Waals surface area contributed by atoms with Crippen molar-refractivity contribution in [3.8, 4) is 0 Å². The Hall–Kier alpha value is -1.06. The van der Waals surface area contributed by atoms with Gasteiger partial charge in [-0.05, 0) is 31.6 Å².